The van der Waals surface area contributed by atoms with E-state index in [1.807, 2.05) is 0 Å². The van der Waals surface area contributed by atoms with Crippen molar-refractivity contribution in [1.82, 2.24) is 9.88 Å². The van der Waals surface area contributed by atoms with E-state index in [9.17, 15) is 9.59 Å². The normalized spacial score (nSPS) is 15.9. The fraction of sp³-hybridized carbons (Fsp3) is 0.450. The number of benzene rings is 1. The van der Waals surface area contributed by atoms with Crippen LogP contribution in [0.4, 0.5) is 4.79 Å². The summed E-state index contributed by atoms with van der Waals surface area (Å²) in [6.45, 7) is 4.42. The van der Waals surface area contributed by atoms with Crippen LogP contribution in [-0.2, 0) is 16.0 Å². The molecule has 1 aliphatic heterocycles. The highest BCUT2D eigenvalue weighted by Gasteiger charge is 2.36. The number of hydrogen-bond acceptors (Lipinski definition) is 6. The van der Waals surface area contributed by atoms with Crippen LogP contribution in [0.25, 0.3) is 0 Å². The molecule has 3 rings (SSSR count). The van der Waals surface area contributed by atoms with Crippen molar-refractivity contribution in [3.8, 4) is 5.75 Å². The highest BCUT2D eigenvalue weighted by atomic mass is 35.5. The van der Waals surface area contributed by atoms with Crippen molar-refractivity contribution in [2.45, 2.75) is 32.7 Å². The quantitative estimate of drug-likeness (QED) is 0.689. The number of rotatable bonds is 7. The van der Waals surface area contributed by atoms with Gasteiger partial charge >= 0.3 is 12.1 Å². The van der Waals surface area contributed by atoms with Gasteiger partial charge in [0, 0.05) is 23.6 Å². The third-order valence-electron chi connectivity index (χ3n) is 4.59. The maximum Gasteiger partial charge on any atom is 0.410 e. The number of thiazole rings is 1. The number of nitrogens with zero attached hydrogens (tertiary/aromatic N) is 2. The van der Waals surface area contributed by atoms with Gasteiger partial charge in [-0.2, -0.15) is 0 Å². The first kappa shape index (κ1) is 21.4. The van der Waals surface area contributed by atoms with Crippen molar-refractivity contribution >= 4 is 35.0 Å². The van der Waals surface area contributed by atoms with Crippen molar-refractivity contribution in [3.05, 3.63) is 44.9 Å². The Morgan fingerprint density at radius 3 is 2.93 bits per heavy atom. The lowest BCUT2D eigenvalue weighted by atomic mass is 9.97. The zero-order chi connectivity index (χ0) is 21.0. The minimum Gasteiger partial charge on any atom is -0.482 e. The summed E-state index contributed by atoms with van der Waals surface area (Å²) in [7, 11) is 0. The molecule has 0 spiro atoms. The molecule has 1 aromatic heterocycles. The number of carbonyl (C=O) groups excluding carboxylic acids is 1. The Kier molecular flexibility index (Phi) is 6.97. The maximum absolute atomic E-state index is 12.9. The van der Waals surface area contributed by atoms with Gasteiger partial charge in [-0.1, -0.05) is 25.4 Å². The molecule has 0 fully saturated rings. The molecule has 1 aliphatic rings. The number of fused-ring (bicyclic) bond motifs is 1. The van der Waals surface area contributed by atoms with E-state index in [2.05, 4.69) is 18.8 Å². The van der Waals surface area contributed by atoms with Gasteiger partial charge in [-0.3, -0.25) is 4.90 Å². The molecule has 2 heterocycles. The number of hydrogen-bond donors (Lipinski definition) is 1. The minimum atomic E-state index is -1.09. The number of halogens is 1. The predicted molar refractivity (Wildman–Crippen MR) is 110 cm³/mol. The molecule has 2 aromatic rings. The van der Waals surface area contributed by atoms with Crippen molar-refractivity contribution in [1.29, 1.82) is 0 Å². The summed E-state index contributed by atoms with van der Waals surface area (Å²) in [5.74, 6) is -0.294. The van der Waals surface area contributed by atoms with Gasteiger partial charge in [0.15, 0.2) is 6.61 Å². The van der Waals surface area contributed by atoms with E-state index in [0.29, 0.717) is 41.8 Å². The van der Waals surface area contributed by atoms with E-state index in [-0.39, 0.29) is 0 Å². The van der Waals surface area contributed by atoms with Gasteiger partial charge in [0.05, 0.1) is 22.7 Å². The average Bonchev–Trinajstić information content (AvgIpc) is 3.14. The average molecular weight is 439 g/mol. The predicted octanol–water partition coefficient (Wildman–Crippen LogP) is 4.39. The van der Waals surface area contributed by atoms with Crippen LogP contribution >= 0.6 is 22.9 Å². The Balaban J connectivity index is 1.95. The van der Waals surface area contributed by atoms with Crippen LogP contribution in [0.2, 0.25) is 5.02 Å². The van der Waals surface area contributed by atoms with Crippen molar-refractivity contribution < 1.29 is 24.2 Å². The van der Waals surface area contributed by atoms with Gasteiger partial charge in [-0.05, 0) is 30.5 Å². The first-order valence-electron chi connectivity index (χ1n) is 9.36. The van der Waals surface area contributed by atoms with E-state index in [1.165, 1.54) is 11.3 Å². The summed E-state index contributed by atoms with van der Waals surface area (Å²) < 4.78 is 11.0. The number of ether oxygens (including phenoxy) is 2. The third kappa shape index (κ3) is 5.19. The summed E-state index contributed by atoms with van der Waals surface area (Å²) >= 11 is 7.67. The summed E-state index contributed by atoms with van der Waals surface area (Å²) in [4.78, 5) is 30.8. The second-order valence-electron chi connectivity index (χ2n) is 7.17. The number of carboxylic acids is 1. The number of aliphatic carboxylic acids is 1. The van der Waals surface area contributed by atoms with Crippen LogP contribution in [0.15, 0.2) is 23.7 Å². The molecule has 156 valence electrons. The van der Waals surface area contributed by atoms with Gasteiger partial charge < -0.3 is 14.6 Å². The molecule has 1 atom stereocenters. The monoisotopic (exact) mass is 438 g/mol. The van der Waals surface area contributed by atoms with E-state index in [1.54, 1.807) is 28.6 Å². The van der Waals surface area contributed by atoms with Crippen LogP contribution in [0.3, 0.4) is 0 Å². The van der Waals surface area contributed by atoms with Gasteiger partial charge in [0.1, 0.15) is 11.8 Å². The number of carboxylic acid groups (broad SMARTS) is 1. The van der Waals surface area contributed by atoms with E-state index in [0.717, 1.165) is 17.0 Å². The smallest absolute Gasteiger partial charge is 0.410 e. The molecule has 0 saturated carbocycles. The molecule has 0 saturated heterocycles. The molecule has 1 aromatic carbocycles. The molecule has 1 unspecified atom stereocenters. The minimum absolute atomic E-state index is 0.340. The number of amides is 1. The maximum atomic E-state index is 12.9. The van der Waals surface area contributed by atoms with Crippen molar-refractivity contribution in [2.24, 2.45) is 5.92 Å². The zero-order valence-electron chi connectivity index (χ0n) is 16.3. The molecule has 1 N–H and O–H groups in total. The molecule has 7 nitrogen and oxygen atoms in total. The lowest BCUT2D eigenvalue weighted by Gasteiger charge is -2.35. The highest BCUT2D eigenvalue weighted by Crippen LogP contribution is 2.42. The van der Waals surface area contributed by atoms with Crippen LogP contribution in [-0.4, -0.2) is 46.8 Å². The number of carbonyl (C=O) groups is 2. The zero-order valence-corrected chi connectivity index (χ0v) is 17.8. The van der Waals surface area contributed by atoms with E-state index in [4.69, 9.17) is 26.2 Å². The number of aromatic nitrogens is 1. The second kappa shape index (κ2) is 9.45. The molecular weight excluding hydrogens is 416 g/mol. The van der Waals surface area contributed by atoms with Crippen LogP contribution in [0, 0.1) is 5.92 Å². The Labute approximate surface area is 178 Å². The van der Waals surface area contributed by atoms with Gasteiger partial charge in [0.25, 0.3) is 0 Å². The van der Waals surface area contributed by atoms with Gasteiger partial charge in [-0.25, -0.2) is 14.6 Å². The summed E-state index contributed by atoms with van der Waals surface area (Å²) in [5.41, 5.74) is 3.27. The summed E-state index contributed by atoms with van der Waals surface area (Å²) in [6.07, 6.45) is 0.986. The van der Waals surface area contributed by atoms with Gasteiger partial charge in [-0.15, -0.1) is 11.3 Å². The van der Waals surface area contributed by atoms with Crippen LogP contribution < -0.4 is 4.74 Å². The summed E-state index contributed by atoms with van der Waals surface area (Å²) in [5, 5.41) is 9.46. The molecule has 9 heteroatoms. The third-order valence-corrected chi connectivity index (χ3v) is 5.75. The van der Waals surface area contributed by atoms with E-state index < -0.39 is 24.7 Å². The molecule has 0 bridgehead atoms. The van der Waals surface area contributed by atoms with Crippen LogP contribution in [0.5, 0.6) is 5.75 Å². The first-order valence-corrected chi connectivity index (χ1v) is 10.6. The largest absolute Gasteiger partial charge is 0.482 e. The fourth-order valence-corrected chi connectivity index (χ4v) is 4.31. The first-order chi connectivity index (χ1) is 13.9. The Morgan fingerprint density at radius 2 is 2.21 bits per heavy atom. The van der Waals surface area contributed by atoms with Crippen LogP contribution in [0.1, 0.15) is 42.4 Å². The topological polar surface area (TPSA) is 89.0 Å². The molecule has 0 radical (unpaired) electrons. The molecule has 1 amide bonds. The Morgan fingerprint density at radius 1 is 1.41 bits per heavy atom. The standard InChI is InChI=1S/C20H23ClN2O5S/c1-12(2)6-8-27-20(26)23-7-5-15-19(29-11-22-15)18(23)14-9-13(21)3-4-16(14)28-10-17(24)25/h3-4,9,11-12,18H,5-8,10H2,1-2H3,(H,24,25). The molecular formula is C20H23ClN2O5S. The lowest BCUT2D eigenvalue weighted by molar-refractivity contribution is -0.139. The highest BCUT2D eigenvalue weighted by molar-refractivity contribution is 7.09. The Bertz CT molecular complexity index is 886. The lowest BCUT2D eigenvalue weighted by Crippen LogP contribution is -2.40. The second-order valence-corrected chi connectivity index (χ2v) is 8.49. The SMILES string of the molecule is CC(C)CCOC(=O)N1CCc2ncsc2C1c1cc(Cl)ccc1OCC(=O)O. The van der Waals surface area contributed by atoms with Crippen molar-refractivity contribution in [3.63, 3.8) is 0 Å². The van der Waals surface area contributed by atoms with E-state index >= 15 is 0 Å². The molecule has 29 heavy (non-hydrogen) atoms. The molecule has 0 aliphatic carbocycles. The Hall–Kier alpha value is -2.32. The van der Waals surface area contributed by atoms with Gasteiger partial charge in [0.2, 0.25) is 0 Å². The summed E-state index contributed by atoms with van der Waals surface area (Å²) in [6, 6.07) is 4.45. The fourth-order valence-electron chi connectivity index (χ4n) is 3.16. The van der Waals surface area contributed by atoms with Crippen molar-refractivity contribution in [2.75, 3.05) is 19.8 Å².